The summed E-state index contributed by atoms with van der Waals surface area (Å²) >= 11 is 0. The van der Waals surface area contributed by atoms with Crippen LogP contribution in [-0.2, 0) is 4.79 Å². The summed E-state index contributed by atoms with van der Waals surface area (Å²) in [4.78, 5) is 23.9. The predicted octanol–water partition coefficient (Wildman–Crippen LogP) is 2.77. The summed E-state index contributed by atoms with van der Waals surface area (Å²) in [6.07, 6.45) is 11.0. The number of ketones is 2. The van der Waals surface area contributed by atoms with Crippen LogP contribution in [0.15, 0.2) is 42.5 Å². The lowest BCUT2D eigenvalue weighted by Gasteiger charge is -2.31. The van der Waals surface area contributed by atoms with Gasteiger partial charge < -0.3 is 0 Å². The Hall–Kier alpha value is -2.22. The van der Waals surface area contributed by atoms with Crippen LogP contribution in [0.1, 0.15) is 38.9 Å². The van der Waals surface area contributed by atoms with Gasteiger partial charge in [-0.1, -0.05) is 36.4 Å². The summed E-state index contributed by atoms with van der Waals surface area (Å²) < 4.78 is 0. The summed E-state index contributed by atoms with van der Waals surface area (Å²) in [5, 5.41) is 0. The summed E-state index contributed by atoms with van der Waals surface area (Å²) in [5.74, 6) is 0.0893. The van der Waals surface area contributed by atoms with Crippen LogP contribution in [0.3, 0.4) is 0 Å². The predicted molar refractivity (Wildman–Crippen MR) is 68.6 cm³/mol. The SMILES string of the molecule is O=C1C=CC2C=CC3C(=O)C=Cc4ccc1c2c43. The van der Waals surface area contributed by atoms with Crippen LogP contribution in [0, 0.1) is 0 Å². The van der Waals surface area contributed by atoms with Crippen LogP contribution in [0.5, 0.6) is 0 Å². The molecule has 0 aliphatic heterocycles. The fraction of sp³-hybridized carbons (Fsp3) is 0.125. The van der Waals surface area contributed by atoms with E-state index >= 15 is 0 Å². The Morgan fingerprint density at radius 3 is 2.61 bits per heavy atom. The summed E-state index contributed by atoms with van der Waals surface area (Å²) in [7, 11) is 0. The lowest BCUT2D eigenvalue weighted by molar-refractivity contribution is -0.115. The minimum Gasteiger partial charge on any atom is -0.294 e. The highest BCUT2D eigenvalue weighted by molar-refractivity contribution is 6.10. The van der Waals surface area contributed by atoms with Gasteiger partial charge in [0, 0.05) is 11.5 Å². The lowest BCUT2D eigenvalue weighted by Crippen LogP contribution is -2.23. The minimum absolute atomic E-state index is 0.0418. The van der Waals surface area contributed by atoms with E-state index in [1.54, 1.807) is 12.2 Å². The average Bonchev–Trinajstić information content (AvgIpc) is 2.40. The standard InChI is InChI=1S/C16H10O2/c17-13-8-4-10-2-6-12-14(18)7-3-9-1-5-11(13)16(10)15(9)12/h1-9,11H. The van der Waals surface area contributed by atoms with Gasteiger partial charge in [-0.05, 0) is 28.8 Å². The van der Waals surface area contributed by atoms with Crippen molar-refractivity contribution in [1.29, 1.82) is 0 Å². The molecule has 1 aromatic rings. The first-order valence-corrected chi connectivity index (χ1v) is 6.05. The molecule has 86 valence electrons. The average molecular weight is 234 g/mol. The fourth-order valence-corrected chi connectivity index (χ4v) is 3.10. The molecular weight excluding hydrogens is 224 g/mol. The lowest BCUT2D eigenvalue weighted by atomic mass is 9.71. The van der Waals surface area contributed by atoms with Crippen LogP contribution in [0.2, 0.25) is 0 Å². The molecule has 0 fully saturated rings. The van der Waals surface area contributed by atoms with Crippen LogP contribution < -0.4 is 0 Å². The highest BCUT2D eigenvalue weighted by Crippen LogP contribution is 2.43. The van der Waals surface area contributed by atoms with E-state index in [1.165, 1.54) is 0 Å². The number of hydrogen-bond donors (Lipinski definition) is 0. The van der Waals surface area contributed by atoms with Crippen molar-refractivity contribution in [3.8, 4) is 0 Å². The number of benzene rings is 1. The molecule has 0 radical (unpaired) electrons. The van der Waals surface area contributed by atoms with Crippen molar-refractivity contribution in [1.82, 2.24) is 0 Å². The van der Waals surface area contributed by atoms with Crippen molar-refractivity contribution >= 4 is 17.6 Å². The van der Waals surface area contributed by atoms with E-state index in [0.717, 1.165) is 22.3 Å². The molecule has 3 aliphatic carbocycles. The van der Waals surface area contributed by atoms with Gasteiger partial charge in [-0.15, -0.1) is 0 Å². The quantitative estimate of drug-likeness (QED) is 0.647. The molecule has 1 aromatic carbocycles. The van der Waals surface area contributed by atoms with Crippen molar-refractivity contribution in [3.63, 3.8) is 0 Å². The van der Waals surface area contributed by atoms with Crippen molar-refractivity contribution in [2.45, 2.75) is 11.8 Å². The van der Waals surface area contributed by atoms with Gasteiger partial charge >= 0.3 is 0 Å². The first-order chi connectivity index (χ1) is 8.75. The second-order valence-corrected chi connectivity index (χ2v) is 4.88. The van der Waals surface area contributed by atoms with Gasteiger partial charge in [-0.3, -0.25) is 9.59 Å². The zero-order chi connectivity index (χ0) is 12.3. The van der Waals surface area contributed by atoms with Gasteiger partial charge in [-0.25, -0.2) is 0 Å². The molecule has 18 heavy (non-hydrogen) atoms. The molecule has 0 spiro atoms. The normalized spacial score (nSPS) is 26.4. The van der Waals surface area contributed by atoms with E-state index in [2.05, 4.69) is 0 Å². The molecule has 0 saturated carbocycles. The molecule has 2 atom stereocenters. The van der Waals surface area contributed by atoms with Crippen LogP contribution >= 0.6 is 0 Å². The van der Waals surface area contributed by atoms with Crippen molar-refractivity contribution < 1.29 is 9.59 Å². The molecule has 0 N–H and O–H groups in total. The fourth-order valence-electron chi connectivity index (χ4n) is 3.10. The number of carbonyl (C=O) groups excluding carboxylic acids is 2. The Morgan fingerprint density at radius 1 is 0.833 bits per heavy atom. The zero-order valence-corrected chi connectivity index (χ0v) is 9.59. The van der Waals surface area contributed by atoms with Gasteiger partial charge in [0.15, 0.2) is 11.6 Å². The number of carbonyl (C=O) groups is 2. The number of rotatable bonds is 0. The second-order valence-electron chi connectivity index (χ2n) is 4.88. The smallest absolute Gasteiger partial charge is 0.185 e. The first-order valence-electron chi connectivity index (χ1n) is 6.05. The van der Waals surface area contributed by atoms with Gasteiger partial charge in [-0.2, -0.15) is 0 Å². The third-order valence-corrected chi connectivity index (χ3v) is 3.93. The molecule has 0 aromatic heterocycles. The molecule has 0 saturated heterocycles. The largest absolute Gasteiger partial charge is 0.294 e. The molecule has 4 rings (SSSR count). The molecule has 2 unspecified atom stereocenters. The first kappa shape index (κ1) is 9.77. The molecule has 0 amide bonds. The number of hydrogen-bond acceptors (Lipinski definition) is 2. The van der Waals surface area contributed by atoms with Gasteiger partial charge in [0.2, 0.25) is 0 Å². The van der Waals surface area contributed by atoms with E-state index in [-0.39, 0.29) is 23.4 Å². The van der Waals surface area contributed by atoms with E-state index in [1.807, 2.05) is 36.4 Å². The van der Waals surface area contributed by atoms with E-state index < -0.39 is 0 Å². The molecule has 3 aliphatic rings. The topological polar surface area (TPSA) is 34.1 Å². The maximum Gasteiger partial charge on any atom is 0.185 e. The van der Waals surface area contributed by atoms with Crippen molar-refractivity contribution in [2.75, 3.05) is 0 Å². The van der Waals surface area contributed by atoms with E-state index in [9.17, 15) is 9.59 Å². The van der Waals surface area contributed by atoms with E-state index in [4.69, 9.17) is 0 Å². The number of allylic oxidation sites excluding steroid dienone is 5. The van der Waals surface area contributed by atoms with Crippen molar-refractivity contribution in [2.24, 2.45) is 0 Å². The summed E-state index contributed by atoms with van der Waals surface area (Å²) in [6, 6.07) is 3.82. The third kappa shape index (κ3) is 1.07. The Kier molecular flexibility index (Phi) is 1.72. The molecular formula is C16H10O2. The Balaban J connectivity index is 2.11. The van der Waals surface area contributed by atoms with Crippen LogP contribution in [0.25, 0.3) is 6.08 Å². The van der Waals surface area contributed by atoms with Crippen LogP contribution in [-0.4, -0.2) is 11.6 Å². The highest BCUT2D eigenvalue weighted by atomic mass is 16.1. The Bertz CT molecular complexity index is 689. The third-order valence-electron chi connectivity index (χ3n) is 3.93. The second kappa shape index (κ2) is 3.16. The summed E-state index contributed by atoms with van der Waals surface area (Å²) in [5.41, 5.74) is 3.88. The maximum absolute atomic E-state index is 11.9. The Morgan fingerprint density at radius 2 is 1.72 bits per heavy atom. The van der Waals surface area contributed by atoms with Crippen molar-refractivity contribution in [3.05, 3.63) is 64.8 Å². The van der Waals surface area contributed by atoms with Crippen LogP contribution in [0.4, 0.5) is 0 Å². The minimum atomic E-state index is -0.199. The van der Waals surface area contributed by atoms with Gasteiger partial charge in [0.05, 0.1) is 5.92 Å². The Labute approximate surface area is 104 Å². The van der Waals surface area contributed by atoms with Gasteiger partial charge in [0.25, 0.3) is 0 Å². The monoisotopic (exact) mass is 234 g/mol. The maximum atomic E-state index is 11.9. The molecule has 0 bridgehead atoms. The zero-order valence-electron chi connectivity index (χ0n) is 9.59. The summed E-state index contributed by atoms with van der Waals surface area (Å²) in [6.45, 7) is 0. The van der Waals surface area contributed by atoms with Gasteiger partial charge in [0.1, 0.15) is 0 Å². The molecule has 2 heteroatoms. The highest BCUT2D eigenvalue weighted by Gasteiger charge is 2.33. The molecule has 2 nitrogen and oxygen atoms in total. The molecule has 0 heterocycles. The van der Waals surface area contributed by atoms with E-state index in [0.29, 0.717) is 0 Å².